The number of aliphatic carboxylic acids is 1. The van der Waals surface area contributed by atoms with Gasteiger partial charge in [-0.15, -0.1) is 0 Å². The van der Waals surface area contributed by atoms with E-state index in [-0.39, 0.29) is 49.7 Å². The second-order valence-corrected chi connectivity index (χ2v) is 13.3. The number of rotatable bonds is 20. The van der Waals surface area contributed by atoms with Gasteiger partial charge in [0.2, 0.25) is 17.7 Å². The number of nitrogens with zero attached hydrogens (tertiary/aromatic N) is 1. The molecule has 0 fully saturated rings. The van der Waals surface area contributed by atoms with Crippen LogP contribution in [0.1, 0.15) is 64.5 Å². The number of alkyl carbamates (subject to hydrolysis) is 1. The van der Waals surface area contributed by atoms with E-state index in [1.165, 1.54) is 0 Å². The van der Waals surface area contributed by atoms with Gasteiger partial charge >= 0.3 is 18.2 Å². The third-order valence-electron chi connectivity index (χ3n) is 7.75. The summed E-state index contributed by atoms with van der Waals surface area (Å²) in [6, 6.07) is 16.0. The van der Waals surface area contributed by atoms with Crippen LogP contribution in [0.5, 0.6) is 0 Å². The molecular weight excluding hydrogens is 727 g/mol. The number of nitrogens with one attached hydrogen (secondary N) is 4. The van der Waals surface area contributed by atoms with Gasteiger partial charge in [0.05, 0.1) is 18.6 Å². The Labute approximate surface area is 318 Å². The summed E-state index contributed by atoms with van der Waals surface area (Å²) in [5.74, 6) is -4.54. The van der Waals surface area contributed by atoms with Gasteiger partial charge in [0.1, 0.15) is 18.7 Å². The molecule has 10 N–H and O–H groups in total. The number of ether oxygens (including phenoxy) is 1. The van der Waals surface area contributed by atoms with Crippen molar-refractivity contribution in [1.29, 1.82) is 0 Å². The zero-order valence-electron chi connectivity index (χ0n) is 31.5. The van der Waals surface area contributed by atoms with Crippen molar-refractivity contribution >= 4 is 35.7 Å². The maximum absolute atomic E-state index is 13.6. The molecule has 0 unspecified atom stereocenters. The van der Waals surface area contributed by atoms with Gasteiger partial charge in [0.25, 0.3) is 0 Å². The quantitative estimate of drug-likeness (QED) is 0.0555. The van der Waals surface area contributed by atoms with Crippen LogP contribution in [-0.4, -0.2) is 89.5 Å². The number of amides is 4. The summed E-state index contributed by atoms with van der Waals surface area (Å²) in [4.78, 5) is 65.2. The van der Waals surface area contributed by atoms with E-state index in [1.807, 2.05) is 62.4 Å². The van der Waals surface area contributed by atoms with Crippen molar-refractivity contribution in [2.24, 2.45) is 28.3 Å². The molecule has 2 rings (SSSR count). The van der Waals surface area contributed by atoms with Gasteiger partial charge in [-0.25, -0.2) is 9.59 Å². The van der Waals surface area contributed by atoms with Crippen molar-refractivity contribution < 1.29 is 52.1 Å². The van der Waals surface area contributed by atoms with Gasteiger partial charge < -0.3 is 47.7 Å². The average molecular weight is 782 g/mol. The third kappa shape index (κ3) is 21.2. The summed E-state index contributed by atoms with van der Waals surface area (Å²) in [5, 5.41) is 29.2. The van der Waals surface area contributed by atoms with Crippen molar-refractivity contribution in [3.63, 3.8) is 0 Å². The van der Waals surface area contributed by atoms with Gasteiger partial charge in [-0.3, -0.25) is 19.4 Å². The lowest BCUT2D eigenvalue weighted by molar-refractivity contribution is -0.192. The van der Waals surface area contributed by atoms with E-state index in [1.54, 1.807) is 26.0 Å². The highest BCUT2D eigenvalue weighted by molar-refractivity contribution is 5.91. The number of halogens is 3. The van der Waals surface area contributed by atoms with E-state index < -0.39 is 54.3 Å². The molecule has 0 saturated carbocycles. The Kier molecular flexibility index (Phi) is 21.5. The number of carbonyl (C=O) groups is 5. The number of aliphatic hydroxyl groups excluding tert-OH is 1. The number of hydrogen-bond acceptors (Lipinski definition) is 8. The molecule has 0 bridgehead atoms. The second-order valence-electron chi connectivity index (χ2n) is 13.3. The summed E-state index contributed by atoms with van der Waals surface area (Å²) in [6.45, 7) is 8.10. The van der Waals surface area contributed by atoms with Crippen LogP contribution in [0, 0.1) is 11.8 Å². The fraction of sp³-hybridized carbons (Fsp3) is 0.514. The van der Waals surface area contributed by atoms with Crippen LogP contribution in [0.3, 0.4) is 0 Å². The van der Waals surface area contributed by atoms with Crippen LogP contribution in [-0.2, 0) is 36.9 Å². The summed E-state index contributed by atoms with van der Waals surface area (Å²) in [6.07, 6.45) is -5.63. The average Bonchev–Trinajstić information content (AvgIpc) is 3.10. The minimum atomic E-state index is -5.08. The summed E-state index contributed by atoms with van der Waals surface area (Å²) < 4.78 is 37.0. The van der Waals surface area contributed by atoms with E-state index >= 15 is 0 Å². The monoisotopic (exact) mass is 781 g/mol. The molecule has 0 heterocycles. The molecule has 55 heavy (non-hydrogen) atoms. The number of aliphatic hydroxyl groups is 1. The van der Waals surface area contributed by atoms with E-state index in [4.69, 9.17) is 26.1 Å². The lowest BCUT2D eigenvalue weighted by atomic mass is 9.95. The van der Waals surface area contributed by atoms with Crippen molar-refractivity contribution in [1.82, 2.24) is 21.3 Å². The van der Waals surface area contributed by atoms with Crippen LogP contribution < -0.4 is 32.7 Å². The highest BCUT2D eigenvalue weighted by Gasteiger charge is 2.38. The molecule has 0 aliphatic rings. The number of nitrogens with two attached hydrogens (primary N) is 2. The standard InChI is InChI=1S/C35H53N7O6.C2HF3O2/c1-23(2)20-28(29(43)21-30(44)38-19-17-25-12-7-5-8-13-25)40-33(46)31(24(3)4)42-32(45)27(16-11-18-39-34(36)37)41-35(47)48-22-26-14-9-6-10-15-26;3-2(4,5)1(6)7/h5-10,12-15,23-24,27-29,31,43H,11,16-22H2,1-4H3,(H,38,44)(H,40,46)(H,41,47)(H,42,45)(H4,36,37,39);(H,6,7)/t27-,28-,29-,31-;/m0./s1. The number of carbonyl (C=O) groups excluding carboxylic acids is 4. The minimum Gasteiger partial charge on any atom is -0.475 e. The van der Waals surface area contributed by atoms with Crippen LogP contribution in [0.25, 0.3) is 0 Å². The molecule has 2 aromatic rings. The molecule has 0 saturated heterocycles. The zero-order valence-corrected chi connectivity index (χ0v) is 31.5. The fourth-order valence-corrected chi connectivity index (χ4v) is 4.96. The molecule has 0 aliphatic carbocycles. The van der Waals surface area contributed by atoms with E-state index in [2.05, 4.69) is 26.3 Å². The molecule has 2 aromatic carbocycles. The predicted octanol–water partition coefficient (Wildman–Crippen LogP) is 2.75. The maximum Gasteiger partial charge on any atom is 0.490 e. The van der Waals surface area contributed by atoms with Gasteiger partial charge in [-0.1, -0.05) is 88.4 Å². The lowest BCUT2D eigenvalue weighted by Crippen LogP contribution is -2.58. The molecule has 18 heteroatoms. The first-order valence-electron chi connectivity index (χ1n) is 17.7. The molecule has 0 aliphatic heterocycles. The number of guanidine groups is 1. The van der Waals surface area contributed by atoms with E-state index in [0.717, 1.165) is 11.1 Å². The topological polar surface area (TPSA) is 248 Å². The number of carboxylic acid groups (broad SMARTS) is 1. The van der Waals surface area contributed by atoms with Crippen LogP contribution in [0.4, 0.5) is 18.0 Å². The number of benzene rings is 2. The molecule has 306 valence electrons. The van der Waals surface area contributed by atoms with Crippen LogP contribution in [0.15, 0.2) is 65.7 Å². The highest BCUT2D eigenvalue weighted by atomic mass is 19.4. The Morgan fingerprint density at radius 1 is 0.855 bits per heavy atom. The lowest BCUT2D eigenvalue weighted by Gasteiger charge is -2.30. The SMILES string of the molecule is CC(C)C[C@H](NC(=O)[C@@H](NC(=O)[C@H](CCCN=C(N)N)NC(=O)OCc1ccccc1)C(C)C)[C@@H](O)CC(=O)NCCc1ccccc1.O=C(O)C(F)(F)F. The summed E-state index contributed by atoms with van der Waals surface area (Å²) in [5.41, 5.74) is 12.7. The largest absolute Gasteiger partial charge is 0.490 e. The van der Waals surface area contributed by atoms with Gasteiger partial charge in [0, 0.05) is 13.1 Å². The molecule has 0 spiro atoms. The summed E-state index contributed by atoms with van der Waals surface area (Å²) in [7, 11) is 0. The Hall–Kier alpha value is -5.39. The second kappa shape index (κ2) is 24.8. The maximum atomic E-state index is 13.6. The number of aliphatic imine (C=N–C) groups is 1. The van der Waals surface area contributed by atoms with Crippen molar-refractivity contribution in [3.8, 4) is 0 Å². The highest BCUT2D eigenvalue weighted by Crippen LogP contribution is 2.14. The number of alkyl halides is 3. The van der Waals surface area contributed by atoms with E-state index in [0.29, 0.717) is 25.8 Å². The van der Waals surface area contributed by atoms with Gasteiger partial charge in [0.15, 0.2) is 5.96 Å². The normalized spacial score (nSPS) is 13.2. The molecule has 4 amide bonds. The Balaban J connectivity index is 0.00000196. The van der Waals surface area contributed by atoms with Crippen molar-refractivity contribution in [2.75, 3.05) is 13.1 Å². The number of hydrogen-bond donors (Lipinski definition) is 8. The Morgan fingerprint density at radius 2 is 1.42 bits per heavy atom. The van der Waals surface area contributed by atoms with Crippen LogP contribution in [0.2, 0.25) is 0 Å². The van der Waals surface area contributed by atoms with Crippen molar-refractivity contribution in [3.05, 3.63) is 71.8 Å². The molecule has 0 aromatic heterocycles. The smallest absolute Gasteiger partial charge is 0.475 e. The van der Waals surface area contributed by atoms with Gasteiger partial charge in [-0.2, -0.15) is 13.2 Å². The Morgan fingerprint density at radius 3 is 1.93 bits per heavy atom. The predicted molar refractivity (Wildman–Crippen MR) is 199 cm³/mol. The van der Waals surface area contributed by atoms with Crippen molar-refractivity contribution in [2.45, 2.75) is 96.8 Å². The minimum absolute atomic E-state index is 0.0106. The summed E-state index contributed by atoms with van der Waals surface area (Å²) >= 11 is 0. The number of carboxylic acids is 1. The molecular formula is C37H54F3N7O8. The zero-order chi connectivity index (χ0) is 41.6. The first-order chi connectivity index (χ1) is 25.8. The fourth-order valence-electron chi connectivity index (χ4n) is 4.96. The molecule has 4 atom stereocenters. The molecule has 0 radical (unpaired) electrons. The molecule has 15 nitrogen and oxygen atoms in total. The third-order valence-corrected chi connectivity index (χ3v) is 7.75. The van der Waals surface area contributed by atoms with Crippen LogP contribution >= 0.6 is 0 Å². The van der Waals surface area contributed by atoms with Gasteiger partial charge in [-0.05, 0) is 48.6 Å². The Bertz CT molecular complexity index is 1510. The van der Waals surface area contributed by atoms with E-state index in [9.17, 15) is 37.5 Å². The first-order valence-corrected chi connectivity index (χ1v) is 17.7. The first kappa shape index (κ1) is 47.6.